The lowest BCUT2D eigenvalue weighted by Crippen LogP contribution is -2.29. The smallest absolute Gasteiger partial charge is 0.278 e. The Labute approximate surface area is 138 Å². The largest absolute Gasteiger partial charge is 0.339 e. The van der Waals surface area contributed by atoms with Crippen LogP contribution in [-0.2, 0) is 7.05 Å². The Morgan fingerprint density at radius 2 is 2.12 bits per heavy atom. The van der Waals surface area contributed by atoms with E-state index in [0.717, 1.165) is 0 Å². The van der Waals surface area contributed by atoms with Gasteiger partial charge in [-0.3, -0.25) is 29.3 Å². The van der Waals surface area contributed by atoms with Gasteiger partial charge in [0, 0.05) is 18.6 Å². The highest BCUT2D eigenvalue weighted by Crippen LogP contribution is 2.11. The maximum Gasteiger partial charge on any atom is 0.278 e. The Bertz CT molecular complexity index is 1250. The second-order valence-electron chi connectivity index (χ2n) is 5.31. The van der Waals surface area contributed by atoms with E-state index in [1.165, 1.54) is 24.0 Å². The molecule has 10 nitrogen and oxygen atoms in total. The van der Waals surface area contributed by atoms with Crippen molar-refractivity contribution in [1.82, 2.24) is 29.5 Å². The van der Waals surface area contributed by atoms with E-state index < -0.39 is 17.0 Å². The third-order valence-corrected chi connectivity index (χ3v) is 3.74. The van der Waals surface area contributed by atoms with Crippen molar-refractivity contribution < 1.29 is 4.79 Å². The molecule has 0 spiro atoms. The predicted octanol–water partition coefficient (Wildman–Crippen LogP) is 0.145. The molecule has 1 amide bonds. The number of aromatic nitrogens is 6. The Balaban J connectivity index is 1.78. The predicted molar refractivity (Wildman–Crippen MR) is 89.4 cm³/mol. The van der Waals surface area contributed by atoms with Crippen molar-refractivity contribution in [3.8, 4) is 0 Å². The van der Waals surface area contributed by atoms with Crippen molar-refractivity contribution in [1.29, 1.82) is 0 Å². The summed E-state index contributed by atoms with van der Waals surface area (Å²) in [5, 5.41) is 3.06. The lowest BCUT2D eigenvalue weighted by atomic mass is 10.2. The van der Waals surface area contributed by atoms with Crippen molar-refractivity contribution in [2.24, 2.45) is 7.05 Å². The molecule has 4 heterocycles. The van der Waals surface area contributed by atoms with Crippen LogP contribution in [0.1, 0.15) is 10.4 Å². The standard InChI is InChI=1S/C15H11N7O3/c1-22-11-7(3-2-4-16-11)5-8(14(22)25)12(23)20-15-19-10-9(13(24)21-15)17-6-18-10/h2-6H,1H3,(H3,17,18,19,20,21,23,24). The average molecular weight is 337 g/mol. The summed E-state index contributed by atoms with van der Waals surface area (Å²) in [6, 6.07) is 4.90. The van der Waals surface area contributed by atoms with Crippen LogP contribution in [0, 0.1) is 0 Å². The molecule has 10 heteroatoms. The first-order valence-electron chi connectivity index (χ1n) is 7.24. The minimum Gasteiger partial charge on any atom is -0.339 e. The van der Waals surface area contributed by atoms with Gasteiger partial charge in [0.2, 0.25) is 5.95 Å². The number of nitrogens with one attached hydrogen (secondary N) is 3. The zero-order valence-corrected chi connectivity index (χ0v) is 12.9. The van der Waals surface area contributed by atoms with Gasteiger partial charge in [-0.15, -0.1) is 0 Å². The molecule has 0 aliphatic heterocycles. The van der Waals surface area contributed by atoms with E-state index in [-0.39, 0.29) is 22.7 Å². The van der Waals surface area contributed by atoms with E-state index in [1.807, 2.05) is 0 Å². The van der Waals surface area contributed by atoms with Crippen LogP contribution in [0.5, 0.6) is 0 Å². The van der Waals surface area contributed by atoms with Gasteiger partial charge in [0.1, 0.15) is 11.2 Å². The Morgan fingerprint density at radius 1 is 1.28 bits per heavy atom. The number of carbonyl (C=O) groups excluding carboxylic acids is 1. The summed E-state index contributed by atoms with van der Waals surface area (Å²) >= 11 is 0. The number of carbonyl (C=O) groups is 1. The lowest BCUT2D eigenvalue weighted by Gasteiger charge is -2.08. The Kier molecular flexibility index (Phi) is 3.17. The zero-order chi connectivity index (χ0) is 17.6. The van der Waals surface area contributed by atoms with Gasteiger partial charge >= 0.3 is 0 Å². The molecule has 0 fully saturated rings. The van der Waals surface area contributed by atoms with Gasteiger partial charge in [0.15, 0.2) is 11.2 Å². The molecule has 4 aromatic rings. The first kappa shape index (κ1) is 14.8. The van der Waals surface area contributed by atoms with Crippen LogP contribution in [0.4, 0.5) is 5.95 Å². The van der Waals surface area contributed by atoms with Crippen LogP contribution in [0.2, 0.25) is 0 Å². The van der Waals surface area contributed by atoms with E-state index in [2.05, 4.69) is 30.2 Å². The Morgan fingerprint density at radius 3 is 2.96 bits per heavy atom. The number of anilines is 1. The van der Waals surface area contributed by atoms with E-state index in [4.69, 9.17) is 0 Å². The number of nitrogens with zero attached hydrogens (tertiary/aromatic N) is 4. The fourth-order valence-corrected chi connectivity index (χ4v) is 2.54. The van der Waals surface area contributed by atoms with Crippen LogP contribution in [0.3, 0.4) is 0 Å². The highest BCUT2D eigenvalue weighted by atomic mass is 16.2. The third-order valence-electron chi connectivity index (χ3n) is 3.74. The molecule has 0 aliphatic rings. The molecule has 124 valence electrons. The van der Waals surface area contributed by atoms with Gasteiger partial charge in [-0.05, 0) is 18.2 Å². The number of fused-ring (bicyclic) bond motifs is 2. The van der Waals surface area contributed by atoms with Crippen molar-refractivity contribution in [3.63, 3.8) is 0 Å². The average Bonchev–Trinajstić information content (AvgIpc) is 3.07. The monoisotopic (exact) mass is 337 g/mol. The van der Waals surface area contributed by atoms with Gasteiger partial charge in [-0.1, -0.05) is 0 Å². The maximum absolute atomic E-state index is 12.5. The number of hydrogen-bond acceptors (Lipinski definition) is 6. The number of pyridine rings is 2. The van der Waals surface area contributed by atoms with E-state index in [0.29, 0.717) is 11.0 Å². The molecular formula is C15H11N7O3. The van der Waals surface area contributed by atoms with Crippen molar-refractivity contribution in [3.05, 3.63) is 57.0 Å². The minimum atomic E-state index is -0.690. The third kappa shape index (κ3) is 2.36. The number of H-pyrrole nitrogens is 2. The number of imidazole rings is 1. The van der Waals surface area contributed by atoms with Crippen LogP contribution in [-0.4, -0.2) is 35.4 Å². The molecule has 3 N–H and O–H groups in total. The highest BCUT2D eigenvalue weighted by Gasteiger charge is 2.16. The summed E-state index contributed by atoms with van der Waals surface area (Å²) in [6.45, 7) is 0. The second-order valence-corrected chi connectivity index (χ2v) is 5.31. The summed E-state index contributed by atoms with van der Waals surface area (Å²) in [7, 11) is 1.53. The molecule has 4 rings (SSSR count). The number of aromatic amines is 2. The van der Waals surface area contributed by atoms with E-state index in [1.54, 1.807) is 18.3 Å². The number of hydrogen-bond donors (Lipinski definition) is 3. The van der Waals surface area contributed by atoms with Crippen LogP contribution in [0.25, 0.3) is 22.2 Å². The molecule has 0 saturated heterocycles. The van der Waals surface area contributed by atoms with Crippen LogP contribution in [0.15, 0.2) is 40.3 Å². The fraction of sp³-hybridized carbons (Fsp3) is 0.0667. The SMILES string of the molecule is Cn1c(=O)c(C(=O)Nc2nc3nc[nH]c3c(=O)[nH]2)cc2cccnc21. The van der Waals surface area contributed by atoms with Gasteiger partial charge in [0.25, 0.3) is 17.0 Å². The maximum atomic E-state index is 12.5. The molecule has 0 aliphatic carbocycles. The molecule has 0 unspecified atom stereocenters. The van der Waals surface area contributed by atoms with Crippen molar-refractivity contribution in [2.45, 2.75) is 0 Å². The zero-order valence-electron chi connectivity index (χ0n) is 12.9. The molecule has 0 radical (unpaired) electrons. The fourth-order valence-electron chi connectivity index (χ4n) is 2.54. The van der Waals surface area contributed by atoms with E-state index >= 15 is 0 Å². The summed E-state index contributed by atoms with van der Waals surface area (Å²) in [4.78, 5) is 53.9. The summed E-state index contributed by atoms with van der Waals surface area (Å²) < 4.78 is 1.29. The molecule has 4 aromatic heterocycles. The molecule has 0 atom stereocenters. The first-order valence-corrected chi connectivity index (χ1v) is 7.24. The van der Waals surface area contributed by atoms with Gasteiger partial charge in [0.05, 0.1) is 6.33 Å². The first-order chi connectivity index (χ1) is 12.0. The molecule has 0 aromatic carbocycles. The molecular weight excluding hydrogens is 326 g/mol. The van der Waals surface area contributed by atoms with Crippen molar-refractivity contribution >= 4 is 34.1 Å². The van der Waals surface area contributed by atoms with Gasteiger partial charge in [-0.2, -0.15) is 4.98 Å². The second kappa shape index (κ2) is 5.37. The van der Waals surface area contributed by atoms with Crippen molar-refractivity contribution in [2.75, 3.05) is 5.32 Å². The quantitative estimate of drug-likeness (QED) is 0.476. The molecule has 0 saturated carbocycles. The van der Waals surface area contributed by atoms with Crippen LogP contribution >= 0.6 is 0 Å². The summed E-state index contributed by atoms with van der Waals surface area (Å²) in [5.41, 5.74) is -0.248. The topological polar surface area (TPSA) is 138 Å². The molecule has 0 bridgehead atoms. The highest BCUT2D eigenvalue weighted by molar-refractivity contribution is 6.04. The Hall–Kier alpha value is -3.82. The number of amides is 1. The lowest BCUT2D eigenvalue weighted by molar-refractivity contribution is 0.102. The summed E-state index contributed by atoms with van der Waals surface area (Å²) in [5.74, 6) is -0.785. The number of rotatable bonds is 2. The van der Waals surface area contributed by atoms with Gasteiger partial charge < -0.3 is 4.98 Å². The number of aryl methyl sites for hydroxylation is 1. The van der Waals surface area contributed by atoms with Gasteiger partial charge in [-0.25, -0.2) is 9.97 Å². The summed E-state index contributed by atoms with van der Waals surface area (Å²) in [6.07, 6.45) is 2.89. The minimum absolute atomic E-state index is 0.0900. The van der Waals surface area contributed by atoms with E-state index in [9.17, 15) is 14.4 Å². The molecule has 25 heavy (non-hydrogen) atoms. The normalized spacial score (nSPS) is 11.1. The van der Waals surface area contributed by atoms with Crippen LogP contribution < -0.4 is 16.4 Å².